The van der Waals surface area contributed by atoms with E-state index in [2.05, 4.69) is 194 Å². The molecule has 2 heteroatoms. The molecule has 0 N–H and O–H groups in total. The average Bonchev–Trinajstić information content (AvgIpc) is 3.82. The van der Waals surface area contributed by atoms with E-state index >= 15 is 0 Å². The Morgan fingerprint density at radius 1 is 0.423 bits per heavy atom. The smallest absolute Gasteiger partial charge is 0.143 e. The topological polar surface area (TPSA) is 16.4 Å². The van der Waals surface area contributed by atoms with E-state index in [1.807, 2.05) is 0 Å². The molecular weight excluding hydrogens is 631 g/mol. The summed E-state index contributed by atoms with van der Waals surface area (Å²) in [6, 6.07) is 66.6. The van der Waals surface area contributed by atoms with Crippen LogP contribution in [0.2, 0.25) is 0 Å². The first kappa shape index (κ1) is 29.1. The van der Waals surface area contributed by atoms with Crippen LogP contribution in [0.4, 0.5) is 17.1 Å². The van der Waals surface area contributed by atoms with Gasteiger partial charge in [0, 0.05) is 33.4 Å². The standard InChI is InChI=1S/C50H33NO/c1-32-13-12-18-36(29-32)51(35-16-6-3-7-17-35)37-24-26-39-38-25-23-34(33-14-4-2-5-15-33)30-45(38)50(46(39)31-37)43-21-10-8-20-42(43)48-44(50)28-27-41-40-19-9-11-22-47(40)52-49(41)48/h2-31H,1H3. The molecule has 2 aliphatic rings. The van der Waals surface area contributed by atoms with Crippen LogP contribution >= 0.6 is 0 Å². The third-order valence-corrected chi connectivity index (χ3v) is 11.3. The fourth-order valence-corrected chi connectivity index (χ4v) is 9.17. The number of benzene rings is 8. The molecule has 1 aromatic heterocycles. The number of hydrogen-bond acceptors (Lipinski definition) is 2. The van der Waals surface area contributed by atoms with Crippen LogP contribution < -0.4 is 4.90 Å². The normalized spacial score (nSPS) is 15.1. The van der Waals surface area contributed by atoms with Gasteiger partial charge in [0.05, 0.1) is 5.41 Å². The maximum Gasteiger partial charge on any atom is 0.143 e. The first-order chi connectivity index (χ1) is 25.7. The van der Waals surface area contributed by atoms with Crippen LogP contribution in [0.25, 0.3) is 55.3 Å². The molecule has 0 fully saturated rings. The molecule has 0 radical (unpaired) electrons. The zero-order valence-corrected chi connectivity index (χ0v) is 28.7. The molecule has 1 spiro atoms. The van der Waals surface area contributed by atoms with Gasteiger partial charge in [-0.1, -0.05) is 133 Å². The average molecular weight is 664 g/mol. The largest absolute Gasteiger partial charge is 0.455 e. The zero-order valence-electron chi connectivity index (χ0n) is 28.7. The molecular formula is C50H33NO. The second kappa shape index (κ2) is 10.9. The molecule has 0 saturated heterocycles. The minimum absolute atomic E-state index is 0.556. The first-order valence-electron chi connectivity index (χ1n) is 18.0. The van der Waals surface area contributed by atoms with Gasteiger partial charge in [-0.3, -0.25) is 0 Å². The van der Waals surface area contributed by atoms with Gasteiger partial charge >= 0.3 is 0 Å². The summed E-state index contributed by atoms with van der Waals surface area (Å²) in [5.41, 5.74) is 18.5. The van der Waals surface area contributed by atoms with Crippen molar-refractivity contribution in [3.05, 3.63) is 210 Å². The molecule has 0 aliphatic heterocycles. The highest BCUT2D eigenvalue weighted by Gasteiger charge is 2.53. The van der Waals surface area contributed by atoms with Gasteiger partial charge in [-0.25, -0.2) is 0 Å². The van der Waals surface area contributed by atoms with Gasteiger partial charge < -0.3 is 9.32 Å². The van der Waals surface area contributed by atoms with E-state index < -0.39 is 5.41 Å². The Morgan fingerprint density at radius 3 is 1.96 bits per heavy atom. The van der Waals surface area contributed by atoms with Gasteiger partial charge in [0.1, 0.15) is 11.2 Å². The van der Waals surface area contributed by atoms with E-state index in [0.717, 1.165) is 39.0 Å². The Balaban J connectivity index is 1.25. The summed E-state index contributed by atoms with van der Waals surface area (Å²) in [7, 11) is 0. The van der Waals surface area contributed by atoms with Crippen LogP contribution in [0.1, 0.15) is 27.8 Å². The number of rotatable bonds is 4. The SMILES string of the molecule is Cc1cccc(N(c2ccccc2)c2ccc3c(c2)C2(c4cc(-c5ccccc5)ccc4-3)c3ccccc3-c3c2ccc2c3oc3ccccc32)c1. The van der Waals surface area contributed by atoms with Crippen molar-refractivity contribution in [3.63, 3.8) is 0 Å². The summed E-state index contributed by atoms with van der Waals surface area (Å²) in [6.45, 7) is 2.16. The lowest BCUT2D eigenvalue weighted by molar-refractivity contribution is 0.669. The molecule has 0 saturated carbocycles. The molecule has 0 bridgehead atoms. The maximum absolute atomic E-state index is 6.80. The fourth-order valence-electron chi connectivity index (χ4n) is 9.17. The highest BCUT2D eigenvalue weighted by Crippen LogP contribution is 2.65. The molecule has 9 aromatic rings. The molecule has 52 heavy (non-hydrogen) atoms. The Bertz CT molecular complexity index is 2870. The van der Waals surface area contributed by atoms with Gasteiger partial charge in [0.15, 0.2) is 0 Å². The van der Waals surface area contributed by atoms with Crippen molar-refractivity contribution >= 4 is 39.0 Å². The summed E-state index contributed by atoms with van der Waals surface area (Å²) < 4.78 is 6.80. The van der Waals surface area contributed by atoms with Crippen molar-refractivity contribution in [1.29, 1.82) is 0 Å². The Hall–Kier alpha value is -6.64. The van der Waals surface area contributed by atoms with Crippen LogP contribution in [-0.2, 0) is 5.41 Å². The molecule has 1 atom stereocenters. The summed E-state index contributed by atoms with van der Waals surface area (Å²) in [5, 5.41) is 2.30. The highest BCUT2D eigenvalue weighted by atomic mass is 16.3. The number of hydrogen-bond donors (Lipinski definition) is 0. The van der Waals surface area contributed by atoms with E-state index in [0.29, 0.717) is 0 Å². The lowest BCUT2D eigenvalue weighted by Gasteiger charge is -2.32. The van der Waals surface area contributed by atoms with Crippen molar-refractivity contribution in [1.82, 2.24) is 0 Å². The van der Waals surface area contributed by atoms with Gasteiger partial charge in [0.25, 0.3) is 0 Å². The number of para-hydroxylation sites is 2. The predicted molar refractivity (Wildman–Crippen MR) is 215 cm³/mol. The molecule has 1 unspecified atom stereocenters. The Labute approximate surface area is 302 Å². The van der Waals surface area contributed by atoms with Crippen molar-refractivity contribution < 1.29 is 4.42 Å². The van der Waals surface area contributed by atoms with Gasteiger partial charge in [-0.05, 0) is 111 Å². The molecule has 11 rings (SSSR count). The molecule has 2 aliphatic carbocycles. The van der Waals surface area contributed by atoms with E-state index in [4.69, 9.17) is 4.42 Å². The van der Waals surface area contributed by atoms with Crippen molar-refractivity contribution in [2.24, 2.45) is 0 Å². The van der Waals surface area contributed by atoms with Gasteiger partial charge in [0.2, 0.25) is 0 Å². The summed E-state index contributed by atoms with van der Waals surface area (Å²) in [5.74, 6) is 0. The number of anilines is 3. The third-order valence-electron chi connectivity index (χ3n) is 11.3. The molecule has 244 valence electrons. The Morgan fingerprint density at radius 2 is 1.12 bits per heavy atom. The maximum atomic E-state index is 6.80. The first-order valence-corrected chi connectivity index (χ1v) is 18.0. The van der Waals surface area contributed by atoms with Gasteiger partial charge in [-0.2, -0.15) is 0 Å². The van der Waals surface area contributed by atoms with E-state index in [1.165, 1.54) is 61.2 Å². The van der Waals surface area contributed by atoms with Crippen molar-refractivity contribution in [3.8, 4) is 33.4 Å². The van der Waals surface area contributed by atoms with E-state index in [1.54, 1.807) is 0 Å². The monoisotopic (exact) mass is 663 g/mol. The predicted octanol–water partition coefficient (Wildman–Crippen LogP) is 13.4. The summed E-state index contributed by atoms with van der Waals surface area (Å²) in [6.07, 6.45) is 0. The Kier molecular flexibility index (Phi) is 6.12. The van der Waals surface area contributed by atoms with Crippen LogP contribution in [0.5, 0.6) is 0 Å². The summed E-state index contributed by atoms with van der Waals surface area (Å²) >= 11 is 0. The van der Waals surface area contributed by atoms with Crippen LogP contribution in [-0.4, -0.2) is 0 Å². The number of aryl methyl sites for hydroxylation is 1. The van der Waals surface area contributed by atoms with E-state index in [9.17, 15) is 0 Å². The molecule has 0 amide bonds. The van der Waals surface area contributed by atoms with Crippen LogP contribution in [0, 0.1) is 6.92 Å². The number of nitrogens with zero attached hydrogens (tertiary/aromatic N) is 1. The second-order valence-electron chi connectivity index (χ2n) is 14.1. The number of furan rings is 1. The fraction of sp³-hybridized carbons (Fsp3) is 0.0400. The second-order valence-corrected chi connectivity index (χ2v) is 14.1. The third kappa shape index (κ3) is 3.95. The summed E-state index contributed by atoms with van der Waals surface area (Å²) in [4.78, 5) is 2.39. The lowest BCUT2D eigenvalue weighted by Crippen LogP contribution is -2.26. The number of fused-ring (bicyclic) bond motifs is 14. The van der Waals surface area contributed by atoms with E-state index in [-0.39, 0.29) is 0 Å². The minimum atomic E-state index is -0.556. The lowest BCUT2D eigenvalue weighted by atomic mass is 9.70. The highest BCUT2D eigenvalue weighted by molar-refractivity contribution is 6.13. The molecule has 1 heterocycles. The minimum Gasteiger partial charge on any atom is -0.455 e. The quantitative estimate of drug-likeness (QED) is 0.186. The molecule has 8 aromatic carbocycles. The van der Waals surface area contributed by atoms with Crippen LogP contribution in [0.3, 0.4) is 0 Å². The van der Waals surface area contributed by atoms with Crippen molar-refractivity contribution in [2.75, 3.05) is 4.90 Å². The van der Waals surface area contributed by atoms with Gasteiger partial charge in [-0.15, -0.1) is 0 Å². The van der Waals surface area contributed by atoms with Crippen LogP contribution in [0.15, 0.2) is 186 Å². The zero-order chi connectivity index (χ0) is 34.4. The van der Waals surface area contributed by atoms with Crippen molar-refractivity contribution in [2.45, 2.75) is 12.3 Å². The molecule has 2 nitrogen and oxygen atoms in total.